The number of aromatic nitrogens is 4. The average molecular weight is 369 g/mol. The Morgan fingerprint density at radius 3 is 2.77 bits per heavy atom. The molecule has 0 atom stereocenters. The summed E-state index contributed by atoms with van der Waals surface area (Å²) in [5.41, 5.74) is 2.56. The van der Waals surface area contributed by atoms with Gasteiger partial charge in [0.2, 0.25) is 5.91 Å². The molecular weight excluding hydrogens is 350 g/mol. The number of hydrogen-bond acceptors (Lipinski definition) is 6. The van der Waals surface area contributed by atoms with Gasteiger partial charge >= 0.3 is 0 Å². The van der Waals surface area contributed by atoms with E-state index in [0.29, 0.717) is 22.3 Å². The van der Waals surface area contributed by atoms with Gasteiger partial charge in [0.1, 0.15) is 17.1 Å². The Morgan fingerprint density at radius 2 is 2.04 bits per heavy atom. The first-order chi connectivity index (χ1) is 12.6. The van der Waals surface area contributed by atoms with E-state index in [1.807, 2.05) is 38.1 Å². The molecule has 0 bridgehead atoms. The molecule has 2 heterocycles. The first kappa shape index (κ1) is 17.9. The minimum Gasteiger partial charge on any atom is -0.495 e. The Bertz CT molecular complexity index is 925. The lowest BCUT2D eigenvalue weighted by molar-refractivity contribution is -0.113. The van der Waals surface area contributed by atoms with E-state index in [-0.39, 0.29) is 11.7 Å². The van der Waals surface area contributed by atoms with E-state index >= 15 is 0 Å². The van der Waals surface area contributed by atoms with Crippen molar-refractivity contribution in [3.8, 4) is 11.6 Å². The van der Waals surface area contributed by atoms with Crippen molar-refractivity contribution in [1.82, 2.24) is 19.7 Å². The fraction of sp³-hybridized carbons (Fsp3) is 0.222. The predicted octanol–water partition coefficient (Wildman–Crippen LogP) is 3.02. The largest absolute Gasteiger partial charge is 0.495 e. The van der Waals surface area contributed by atoms with Crippen LogP contribution in [-0.4, -0.2) is 38.5 Å². The number of carbonyl (C=O) groups is 1. The van der Waals surface area contributed by atoms with Crippen molar-refractivity contribution in [1.29, 1.82) is 0 Å². The maximum atomic E-state index is 12.2. The fourth-order valence-electron chi connectivity index (χ4n) is 2.46. The van der Waals surface area contributed by atoms with Crippen LogP contribution in [0.25, 0.3) is 5.82 Å². The van der Waals surface area contributed by atoms with Crippen LogP contribution in [-0.2, 0) is 4.79 Å². The Kier molecular flexibility index (Phi) is 5.52. The SMILES string of the molecule is COc1ccccc1NC(=O)CSc1cc(-n2nc(C)cc2C)ncn1. The molecule has 0 saturated carbocycles. The molecule has 0 spiro atoms. The highest BCUT2D eigenvalue weighted by atomic mass is 32.2. The number of rotatable bonds is 6. The minimum atomic E-state index is -0.134. The van der Waals surface area contributed by atoms with Gasteiger partial charge in [-0.25, -0.2) is 14.6 Å². The smallest absolute Gasteiger partial charge is 0.234 e. The number of thioether (sulfide) groups is 1. The molecule has 1 aromatic carbocycles. The zero-order chi connectivity index (χ0) is 18.5. The van der Waals surface area contributed by atoms with Crippen LogP contribution in [0.3, 0.4) is 0 Å². The number of amides is 1. The Morgan fingerprint density at radius 1 is 1.23 bits per heavy atom. The van der Waals surface area contributed by atoms with E-state index in [9.17, 15) is 4.79 Å². The van der Waals surface area contributed by atoms with Gasteiger partial charge < -0.3 is 10.1 Å². The van der Waals surface area contributed by atoms with Gasteiger partial charge in [0.15, 0.2) is 5.82 Å². The first-order valence-electron chi connectivity index (χ1n) is 7.98. The summed E-state index contributed by atoms with van der Waals surface area (Å²) in [4.78, 5) is 20.7. The lowest BCUT2D eigenvalue weighted by Gasteiger charge is -2.09. The quantitative estimate of drug-likeness (QED) is 0.531. The fourth-order valence-corrected chi connectivity index (χ4v) is 3.12. The second kappa shape index (κ2) is 8.01. The molecule has 3 aromatic rings. The minimum absolute atomic E-state index is 0.134. The highest BCUT2D eigenvalue weighted by Crippen LogP contribution is 2.24. The normalized spacial score (nSPS) is 10.6. The molecule has 0 unspecified atom stereocenters. The van der Waals surface area contributed by atoms with E-state index in [2.05, 4.69) is 20.4 Å². The number of nitrogens with zero attached hydrogens (tertiary/aromatic N) is 4. The maximum Gasteiger partial charge on any atom is 0.234 e. The topological polar surface area (TPSA) is 81.9 Å². The molecule has 0 aliphatic heterocycles. The zero-order valence-corrected chi connectivity index (χ0v) is 15.6. The van der Waals surface area contributed by atoms with Crippen molar-refractivity contribution < 1.29 is 9.53 Å². The number of aryl methyl sites for hydroxylation is 2. The molecule has 8 heteroatoms. The van der Waals surface area contributed by atoms with E-state index in [1.54, 1.807) is 23.9 Å². The summed E-state index contributed by atoms with van der Waals surface area (Å²) in [7, 11) is 1.57. The molecule has 0 aliphatic carbocycles. The number of benzene rings is 1. The van der Waals surface area contributed by atoms with Gasteiger partial charge in [0.05, 0.1) is 24.2 Å². The van der Waals surface area contributed by atoms with Crippen LogP contribution in [0, 0.1) is 13.8 Å². The zero-order valence-electron chi connectivity index (χ0n) is 14.8. The molecule has 7 nitrogen and oxygen atoms in total. The van der Waals surface area contributed by atoms with Crippen molar-refractivity contribution in [2.24, 2.45) is 0 Å². The van der Waals surface area contributed by atoms with Crippen LogP contribution in [0.1, 0.15) is 11.4 Å². The lowest BCUT2D eigenvalue weighted by atomic mass is 10.3. The van der Waals surface area contributed by atoms with Gasteiger partial charge in [-0.2, -0.15) is 5.10 Å². The van der Waals surface area contributed by atoms with Crippen LogP contribution < -0.4 is 10.1 Å². The third-order valence-corrected chi connectivity index (χ3v) is 4.51. The third kappa shape index (κ3) is 4.20. The van der Waals surface area contributed by atoms with E-state index in [4.69, 9.17) is 4.74 Å². The van der Waals surface area contributed by atoms with Crippen LogP contribution in [0.15, 0.2) is 47.8 Å². The molecule has 26 heavy (non-hydrogen) atoms. The number of anilines is 1. The number of para-hydroxylation sites is 2. The number of ether oxygens (including phenoxy) is 1. The molecule has 0 fully saturated rings. The van der Waals surface area contributed by atoms with Gasteiger partial charge in [-0.15, -0.1) is 0 Å². The second-order valence-electron chi connectivity index (χ2n) is 5.59. The lowest BCUT2D eigenvalue weighted by Crippen LogP contribution is -2.14. The van der Waals surface area contributed by atoms with Crippen LogP contribution in [0.2, 0.25) is 0 Å². The van der Waals surface area contributed by atoms with Crippen LogP contribution in [0.4, 0.5) is 5.69 Å². The van der Waals surface area contributed by atoms with Gasteiger partial charge in [0, 0.05) is 11.8 Å². The molecule has 0 aliphatic rings. The first-order valence-corrected chi connectivity index (χ1v) is 8.96. The Hall–Kier alpha value is -2.87. The van der Waals surface area contributed by atoms with Crippen molar-refractivity contribution in [2.45, 2.75) is 18.9 Å². The predicted molar refractivity (Wildman–Crippen MR) is 101 cm³/mol. The summed E-state index contributed by atoms with van der Waals surface area (Å²) in [5, 5.41) is 7.97. The van der Waals surface area contributed by atoms with Gasteiger partial charge in [-0.05, 0) is 32.0 Å². The number of carbonyl (C=O) groups excluding carboxylic acids is 1. The van der Waals surface area contributed by atoms with Crippen molar-refractivity contribution in [3.05, 3.63) is 54.1 Å². The standard InChI is InChI=1S/C18H19N5O2S/c1-12-8-13(2)23(22-12)16-9-18(20-11-19-16)26-10-17(24)21-14-6-4-5-7-15(14)25-3/h4-9,11H,10H2,1-3H3,(H,21,24). The molecule has 0 radical (unpaired) electrons. The molecule has 2 aromatic heterocycles. The summed E-state index contributed by atoms with van der Waals surface area (Å²) in [5.74, 6) is 1.40. The monoisotopic (exact) mass is 369 g/mol. The van der Waals surface area contributed by atoms with Crippen LogP contribution >= 0.6 is 11.8 Å². The summed E-state index contributed by atoms with van der Waals surface area (Å²) >= 11 is 1.34. The Balaban J connectivity index is 1.65. The second-order valence-corrected chi connectivity index (χ2v) is 6.59. The number of methoxy groups -OCH3 is 1. The molecule has 0 saturated heterocycles. The Labute approximate surface area is 155 Å². The van der Waals surface area contributed by atoms with E-state index < -0.39 is 0 Å². The van der Waals surface area contributed by atoms with Crippen LogP contribution in [0.5, 0.6) is 5.75 Å². The van der Waals surface area contributed by atoms with Crippen molar-refractivity contribution in [2.75, 3.05) is 18.2 Å². The highest BCUT2D eigenvalue weighted by molar-refractivity contribution is 7.99. The molecule has 3 rings (SSSR count). The van der Waals surface area contributed by atoms with Crippen molar-refractivity contribution >= 4 is 23.4 Å². The molecule has 1 N–H and O–H groups in total. The summed E-state index contributed by atoms with van der Waals surface area (Å²) in [6.45, 7) is 3.90. The molecular formula is C18H19N5O2S. The molecule has 134 valence electrons. The molecule has 1 amide bonds. The van der Waals surface area contributed by atoms with E-state index in [0.717, 1.165) is 11.4 Å². The van der Waals surface area contributed by atoms with Crippen molar-refractivity contribution in [3.63, 3.8) is 0 Å². The number of nitrogens with one attached hydrogen (secondary N) is 1. The number of hydrogen-bond donors (Lipinski definition) is 1. The van der Waals surface area contributed by atoms with Gasteiger partial charge in [-0.1, -0.05) is 23.9 Å². The summed E-state index contributed by atoms with van der Waals surface area (Å²) in [6, 6.07) is 11.1. The van der Waals surface area contributed by atoms with Gasteiger partial charge in [0.25, 0.3) is 0 Å². The third-order valence-electron chi connectivity index (χ3n) is 3.59. The summed E-state index contributed by atoms with van der Waals surface area (Å²) in [6.07, 6.45) is 1.48. The van der Waals surface area contributed by atoms with E-state index in [1.165, 1.54) is 18.1 Å². The summed E-state index contributed by atoms with van der Waals surface area (Å²) < 4.78 is 6.99. The highest BCUT2D eigenvalue weighted by Gasteiger charge is 2.10. The average Bonchev–Trinajstić information content (AvgIpc) is 2.99. The van der Waals surface area contributed by atoms with Gasteiger partial charge in [-0.3, -0.25) is 4.79 Å². The maximum absolute atomic E-state index is 12.2.